The molecule has 0 spiro atoms. The van der Waals surface area contributed by atoms with Gasteiger partial charge in [0.15, 0.2) is 0 Å². The van der Waals surface area contributed by atoms with Crippen LogP contribution in [0.15, 0.2) is 53.9 Å². The lowest BCUT2D eigenvalue weighted by atomic mass is 10.1. The van der Waals surface area contributed by atoms with Crippen molar-refractivity contribution < 1.29 is 9.84 Å². The summed E-state index contributed by atoms with van der Waals surface area (Å²) in [5.74, 6) is 1.77. The van der Waals surface area contributed by atoms with Crippen molar-refractivity contribution in [3.8, 4) is 22.6 Å². The summed E-state index contributed by atoms with van der Waals surface area (Å²) in [7, 11) is 1.92. The average Bonchev–Trinajstić information content (AvgIpc) is 3.12. The molecule has 0 atom stereocenters. The van der Waals surface area contributed by atoms with E-state index < -0.39 is 0 Å². The summed E-state index contributed by atoms with van der Waals surface area (Å²) >= 11 is 7.73. The predicted molar refractivity (Wildman–Crippen MR) is 115 cm³/mol. The quantitative estimate of drug-likeness (QED) is 0.415. The van der Waals surface area contributed by atoms with Gasteiger partial charge in [-0.05, 0) is 60.5 Å². The highest BCUT2D eigenvalue weighted by Gasteiger charge is 2.18. The number of hydrogen-bond donors (Lipinski definition) is 1. The fraction of sp³-hybridized carbons (Fsp3) is 0.143. The van der Waals surface area contributed by atoms with Crippen molar-refractivity contribution in [2.45, 2.75) is 6.92 Å². The van der Waals surface area contributed by atoms with Crippen molar-refractivity contribution in [3.05, 3.63) is 59.2 Å². The third-order valence-electron chi connectivity index (χ3n) is 4.42. The van der Waals surface area contributed by atoms with E-state index in [2.05, 4.69) is 15.3 Å². The lowest BCUT2D eigenvalue weighted by molar-refractivity contribution is 0.340. The maximum absolute atomic E-state index is 9.57. The third-order valence-corrected chi connectivity index (χ3v) is 5.46. The van der Waals surface area contributed by atoms with Crippen molar-refractivity contribution in [2.75, 3.05) is 18.6 Å². The van der Waals surface area contributed by atoms with Crippen molar-refractivity contribution in [3.63, 3.8) is 0 Å². The van der Waals surface area contributed by atoms with Gasteiger partial charge in [-0.1, -0.05) is 12.1 Å². The lowest BCUT2D eigenvalue weighted by Gasteiger charge is -2.20. The molecule has 0 unspecified atom stereocenters. The molecule has 1 N–H and O–H groups in total. The number of phenolic OH excluding ortho intramolecular Hbond substituents is 1. The Balaban J connectivity index is 1.84. The number of anilines is 2. The molecule has 2 heterocycles. The first-order valence-electron chi connectivity index (χ1n) is 8.77. The second-order valence-corrected chi connectivity index (χ2v) is 7.37. The molecule has 4 rings (SSSR count). The molecule has 0 fully saturated rings. The zero-order valence-corrected chi connectivity index (χ0v) is 17.0. The van der Waals surface area contributed by atoms with Gasteiger partial charge in [-0.25, -0.2) is 4.98 Å². The molecule has 2 aromatic heterocycles. The van der Waals surface area contributed by atoms with Crippen LogP contribution in [-0.2, 0) is 0 Å². The van der Waals surface area contributed by atoms with Gasteiger partial charge in [-0.3, -0.25) is 0 Å². The van der Waals surface area contributed by atoms with Gasteiger partial charge < -0.3 is 14.7 Å². The lowest BCUT2D eigenvalue weighted by Crippen LogP contribution is -2.12. The first kappa shape index (κ1) is 18.5. The Labute approximate surface area is 171 Å². The highest BCUT2D eigenvalue weighted by molar-refractivity contribution is 7.17. The highest BCUT2D eigenvalue weighted by Crippen LogP contribution is 2.40. The molecule has 0 radical (unpaired) electrons. The molecule has 7 heteroatoms. The molecular weight excluding hydrogens is 394 g/mol. The van der Waals surface area contributed by atoms with Gasteiger partial charge in [-0.2, -0.15) is 4.98 Å². The summed E-state index contributed by atoms with van der Waals surface area (Å²) in [4.78, 5) is 11.7. The average molecular weight is 412 g/mol. The van der Waals surface area contributed by atoms with Crippen LogP contribution < -0.4 is 9.64 Å². The van der Waals surface area contributed by atoms with Crippen LogP contribution in [0.4, 0.5) is 11.5 Å². The molecule has 4 aromatic rings. The summed E-state index contributed by atoms with van der Waals surface area (Å²) in [6.45, 7) is 2.60. The van der Waals surface area contributed by atoms with Crippen molar-refractivity contribution in [2.24, 2.45) is 0 Å². The van der Waals surface area contributed by atoms with Crippen LogP contribution in [0.5, 0.6) is 11.5 Å². The van der Waals surface area contributed by atoms with E-state index in [1.807, 2.05) is 55.3 Å². The molecule has 142 valence electrons. The van der Waals surface area contributed by atoms with Crippen molar-refractivity contribution in [1.82, 2.24) is 9.97 Å². The topological polar surface area (TPSA) is 58.5 Å². The van der Waals surface area contributed by atoms with E-state index in [4.69, 9.17) is 16.3 Å². The second kappa shape index (κ2) is 7.66. The first-order chi connectivity index (χ1) is 13.6. The maximum atomic E-state index is 9.57. The number of nitrogens with zero attached hydrogens (tertiary/aromatic N) is 3. The first-order valence-corrected chi connectivity index (χ1v) is 10.0. The largest absolute Gasteiger partial charge is 0.508 e. The minimum atomic E-state index is 0.202. The molecule has 0 saturated heterocycles. The number of fused-ring (bicyclic) bond motifs is 1. The molecule has 0 aliphatic rings. The zero-order chi connectivity index (χ0) is 19.7. The van der Waals surface area contributed by atoms with Crippen LogP contribution >= 0.6 is 22.9 Å². The van der Waals surface area contributed by atoms with Gasteiger partial charge in [0, 0.05) is 23.7 Å². The summed E-state index contributed by atoms with van der Waals surface area (Å²) in [5.41, 5.74) is 2.99. The van der Waals surface area contributed by atoms with E-state index in [1.54, 1.807) is 12.1 Å². The Morgan fingerprint density at radius 1 is 1.07 bits per heavy atom. The SMILES string of the molecule is CCOc1ccc(-c2csc3nc(Cl)nc(N(C)c4ccc(O)cc4)c23)cc1. The Hall–Kier alpha value is -2.83. The highest BCUT2D eigenvalue weighted by atomic mass is 35.5. The fourth-order valence-electron chi connectivity index (χ4n) is 3.05. The number of ether oxygens (including phenoxy) is 1. The molecule has 0 saturated carbocycles. The predicted octanol–water partition coefficient (Wildman–Crippen LogP) is 5.88. The summed E-state index contributed by atoms with van der Waals surface area (Å²) in [5, 5.41) is 12.8. The van der Waals surface area contributed by atoms with Crippen LogP contribution in [0.3, 0.4) is 0 Å². The van der Waals surface area contributed by atoms with E-state index in [9.17, 15) is 5.11 Å². The summed E-state index contributed by atoms with van der Waals surface area (Å²) < 4.78 is 5.54. The number of phenols is 1. The van der Waals surface area contributed by atoms with Gasteiger partial charge in [0.2, 0.25) is 5.28 Å². The van der Waals surface area contributed by atoms with Crippen LogP contribution in [-0.4, -0.2) is 28.7 Å². The number of aromatic nitrogens is 2. The molecule has 0 bridgehead atoms. The number of hydrogen-bond acceptors (Lipinski definition) is 6. The monoisotopic (exact) mass is 411 g/mol. The Morgan fingerprint density at radius 3 is 2.46 bits per heavy atom. The number of halogens is 1. The van der Waals surface area contributed by atoms with E-state index in [0.29, 0.717) is 12.4 Å². The normalized spacial score (nSPS) is 11.0. The molecule has 0 aliphatic carbocycles. The Kier molecular flexibility index (Phi) is 5.07. The van der Waals surface area contributed by atoms with Gasteiger partial charge >= 0.3 is 0 Å². The fourth-order valence-corrected chi connectivity index (χ4v) is 4.21. The smallest absolute Gasteiger partial charge is 0.225 e. The molecule has 5 nitrogen and oxygen atoms in total. The van der Waals surface area contributed by atoms with Crippen molar-refractivity contribution >= 4 is 44.7 Å². The van der Waals surface area contributed by atoms with Gasteiger partial charge in [0.05, 0.1) is 12.0 Å². The Morgan fingerprint density at radius 2 is 1.79 bits per heavy atom. The molecular formula is C21H18ClN3O2S. The molecule has 0 aliphatic heterocycles. The number of benzene rings is 2. The van der Waals surface area contributed by atoms with Crippen LogP contribution in [0, 0.1) is 0 Å². The number of thiophene rings is 1. The molecule has 28 heavy (non-hydrogen) atoms. The molecule has 2 aromatic carbocycles. The van der Waals surface area contributed by atoms with Gasteiger partial charge in [-0.15, -0.1) is 11.3 Å². The standard InChI is InChI=1S/C21H18ClN3O2S/c1-3-27-16-10-4-13(5-11-16)17-12-28-20-18(17)19(23-21(22)24-20)25(2)14-6-8-15(26)9-7-14/h4-12,26H,3H2,1-2H3. The number of rotatable bonds is 5. The van der Waals surface area contributed by atoms with Crippen molar-refractivity contribution in [1.29, 1.82) is 0 Å². The van der Waals surface area contributed by atoms with Crippen LogP contribution in [0.25, 0.3) is 21.3 Å². The second-order valence-electron chi connectivity index (χ2n) is 6.18. The zero-order valence-electron chi connectivity index (χ0n) is 15.4. The van der Waals surface area contributed by atoms with E-state index >= 15 is 0 Å². The van der Waals surface area contributed by atoms with E-state index in [0.717, 1.165) is 32.8 Å². The van der Waals surface area contributed by atoms with Gasteiger partial charge in [0.1, 0.15) is 22.1 Å². The summed E-state index contributed by atoms with van der Waals surface area (Å²) in [6, 6.07) is 14.9. The van der Waals surface area contributed by atoms with E-state index in [-0.39, 0.29) is 11.0 Å². The maximum Gasteiger partial charge on any atom is 0.225 e. The molecule has 0 amide bonds. The van der Waals surface area contributed by atoms with E-state index in [1.165, 1.54) is 11.3 Å². The third kappa shape index (κ3) is 3.48. The number of aromatic hydroxyl groups is 1. The van der Waals surface area contributed by atoms with Crippen LogP contribution in [0.2, 0.25) is 5.28 Å². The van der Waals surface area contributed by atoms with Gasteiger partial charge in [0.25, 0.3) is 0 Å². The Bertz CT molecular complexity index is 1110. The van der Waals surface area contributed by atoms with Crippen LogP contribution in [0.1, 0.15) is 6.92 Å². The minimum absolute atomic E-state index is 0.202. The minimum Gasteiger partial charge on any atom is -0.508 e. The summed E-state index contributed by atoms with van der Waals surface area (Å²) in [6.07, 6.45) is 0.